The lowest BCUT2D eigenvalue weighted by Crippen LogP contribution is -2.39. The van der Waals surface area contributed by atoms with Crippen LogP contribution in [0.4, 0.5) is 0 Å². The summed E-state index contributed by atoms with van der Waals surface area (Å²) in [6.45, 7) is 12.6. The zero-order valence-electron chi connectivity index (χ0n) is 10.5. The van der Waals surface area contributed by atoms with Crippen LogP contribution in [0.25, 0.3) is 0 Å². The number of oxime groups is 1. The van der Waals surface area contributed by atoms with E-state index in [-0.39, 0.29) is 5.04 Å². The van der Waals surface area contributed by atoms with Crippen molar-refractivity contribution in [1.82, 2.24) is 0 Å². The van der Waals surface area contributed by atoms with Gasteiger partial charge in [0.15, 0.2) is 0 Å². The molecule has 0 aliphatic rings. The predicted octanol–water partition coefficient (Wildman–Crippen LogP) is 2.56. The summed E-state index contributed by atoms with van der Waals surface area (Å²) in [5, 5.41) is 3.77. The zero-order chi connectivity index (χ0) is 12.1. The third-order valence-electron chi connectivity index (χ3n) is 2.53. The molecule has 0 amide bonds. The van der Waals surface area contributed by atoms with Gasteiger partial charge in [-0.2, -0.15) is 0 Å². The van der Waals surface area contributed by atoms with E-state index in [1.807, 2.05) is 0 Å². The van der Waals surface area contributed by atoms with E-state index < -0.39 is 14.3 Å². The fourth-order valence-corrected chi connectivity index (χ4v) is 1.11. The van der Waals surface area contributed by atoms with Gasteiger partial charge in [0.25, 0.3) is 8.32 Å². The van der Waals surface area contributed by atoms with E-state index in [1.54, 1.807) is 6.92 Å². The molecular weight excluding hydrogens is 210 g/mol. The lowest BCUT2D eigenvalue weighted by atomic mass is 10.2. The third kappa shape index (κ3) is 4.97. The normalized spacial score (nSPS) is 12.9. The summed E-state index contributed by atoms with van der Waals surface area (Å²) >= 11 is 0. The summed E-state index contributed by atoms with van der Waals surface area (Å²) in [4.78, 5) is 10.9. The lowest BCUT2D eigenvalue weighted by Gasteiger charge is -2.32. The van der Waals surface area contributed by atoms with Crippen LogP contribution in [0.5, 0.6) is 0 Å². The largest absolute Gasteiger partial charge is 0.462 e. The number of ether oxygens (including phenoxy) is 1. The van der Waals surface area contributed by atoms with Gasteiger partial charge in [0, 0.05) is 0 Å². The minimum absolute atomic E-state index is 0.0823. The van der Waals surface area contributed by atoms with E-state index in [4.69, 9.17) is 4.53 Å². The maximum absolute atomic E-state index is 10.9. The number of hydrogen-bond acceptors (Lipinski definition) is 4. The molecule has 0 bridgehead atoms. The molecule has 0 saturated carbocycles. The second-order valence-electron chi connectivity index (χ2n) is 4.84. The molecule has 0 aromatic carbocycles. The summed E-state index contributed by atoms with van der Waals surface area (Å²) in [6.07, 6.45) is 1.09. The van der Waals surface area contributed by atoms with Crippen LogP contribution >= 0.6 is 0 Å². The first-order chi connectivity index (χ1) is 6.70. The van der Waals surface area contributed by atoms with Crippen molar-refractivity contribution in [2.45, 2.75) is 45.8 Å². The van der Waals surface area contributed by atoms with Crippen LogP contribution in [0.1, 0.15) is 27.7 Å². The summed E-state index contributed by atoms with van der Waals surface area (Å²) in [6, 6.07) is 0. The number of hydrogen-bond donors (Lipinski definition) is 0. The Hall–Kier alpha value is -0.843. The Balaban J connectivity index is 4.21. The molecule has 0 fully saturated rings. The van der Waals surface area contributed by atoms with Crippen LogP contribution in [-0.4, -0.2) is 27.1 Å². The molecule has 0 heterocycles. The summed E-state index contributed by atoms with van der Waals surface area (Å²) in [7, 11) is -1.90. The highest BCUT2D eigenvalue weighted by Crippen LogP contribution is 2.36. The van der Waals surface area contributed by atoms with Crippen molar-refractivity contribution < 1.29 is 14.1 Å². The molecular formula is C10H21NO3Si. The Morgan fingerprint density at radius 2 is 1.93 bits per heavy atom. The Labute approximate surface area is 92.8 Å². The maximum Gasteiger partial charge on any atom is 0.352 e. The van der Waals surface area contributed by atoms with Crippen molar-refractivity contribution in [3.63, 3.8) is 0 Å². The van der Waals surface area contributed by atoms with Crippen LogP contribution in [0, 0.1) is 0 Å². The van der Waals surface area contributed by atoms with Gasteiger partial charge in [-0.3, -0.25) is 0 Å². The second-order valence-corrected chi connectivity index (χ2v) is 9.54. The van der Waals surface area contributed by atoms with E-state index >= 15 is 0 Å². The average Bonchev–Trinajstić information content (AvgIpc) is 2.01. The number of carbonyl (C=O) groups is 1. The minimum Gasteiger partial charge on any atom is -0.462 e. The van der Waals surface area contributed by atoms with E-state index in [0.29, 0.717) is 6.61 Å². The van der Waals surface area contributed by atoms with Gasteiger partial charge in [0.2, 0.25) is 0 Å². The standard InChI is InChI=1S/C10H21NO3Si/c1-7-13-9(12)8-11-14-15(5,6)10(2,3)4/h8H,7H2,1-6H3/b11-8+. The summed E-state index contributed by atoms with van der Waals surface area (Å²) < 4.78 is 10.1. The van der Waals surface area contributed by atoms with Gasteiger partial charge < -0.3 is 9.26 Å². The number of rotatable bonds is 4. The van der Waals surface area contributed by atoms with Crippen molar-refractivity contribution in [3.8, 4) is 0 Å². The lowest BCUT2D eigenvalue weighted by molar-refractivity contribution is -0.134. The molecule has 0 spiro atoms. The van der Waals surface area contributed by atoms with Crippen LogP contribution in [0.15, 0.2) is 5.16 Å². The molecule has 0 saturated heterocycles. The number of carbonyl (C=O) groups excluding carboxylic acids is 1. The van der Waals surface area contributed by atoms with Crippen molar-refractivity contribution in [2.75, 3.05) is 6.61 Å². The Kier molecular flexibility index (Phi) is 5.00. The van der Waals surface area contributed by atoms with Crippen molar-refractivity contribution in [1.29, 1.82) is 0 Å². The van der Waals surface area contributed by atoms with Crippen molar-refractivity contribution in [2.24, 2.45) is 5.16 Å². The molecule has 0 aromatic rings. The van der Waals surface area contributed by atoms with E-state index in [1.165, 1.54) is 0 Å². The van der Waals surface area contributed by atoms with Crippen LogP contribution in [0.2, 0.25) is 18.1 Å². The number of esters is 1. The second kappa shape index (κ2) is 5.30. The molecule has 0 unspecified atom stereocenters. The first kappa shape index (κ1) is 14.2. The maximum atomic E-state index is 10.9. The average molecular weight is 231 g/mol. The van der Waals surface area contributed by atoms with Gasteiger partial charge in [0.05, 0.1) is 6.61 Å². The fourth-order valence-electron chi connectivity index (χ4n) is 0.518. The molecule has 0 atom stereocenters. The Morgan fingerprint density at radius 1 is 1.40 bits per heavy atom. The summed E-state index contributed by atoms with van der Waals surface area (Å²) in [5.41, 5.74) is 0. The highest BCUT2D eigenvalue weighted by molar-refractivity contribution is 6.74. The first-order valence-electron chi connectivity index (χ1n) is 5.09. The molecule has 0 aromatic heterocycles. The Bertz CT molecular complexity index is 244. The third-order valence-corrected chi connectivity index (χ3v) is 6.71. The Morgan fingerprint density at radius 3 is 2.33 bits per heavy atom. The molecule has 5 heteroatoms. The topological polar surface area (TPSA) is 47.9 Å². The van der Waals surface area contributed by atoms with Crippen LogP contribution in [-0.2, 0) is 14.1 Å². The fraction of sp³-hybridized carbons (Fsp3) is 0.800. The smallest absolute Gasteiger partial charge is 0.352 e. The SMILES string of the molecule is CCOC(=O)/C=N/O[Si](C)(C)C(C)(C)C. The first-order valence-corrected chi connectivity index (χ1v) is 8.00. The monoisotopic (exact) mass is 231 g/mol. The molecule has 0 aliphatic heterocycles. The number of nitrogens with zero attached hydrogens (tertiary/aromatic N) is 1. The van der Waals surface area contributed by atoms with Gasteiger partial charge in [-0.05, 0) is 25.1 Å². The van der Waals surface area contributed by atoms with Crippen LogP contribution < -0.4 is 0 Å². The molecule has 15 heavy (non-hydrogen) atoms. The minimum atomic E-state index is -1.90. The predicted molar refractivity (Wildman–Crippen MR) is 63.4 cm³/mol. The van der Waals surface area contributed by atoms with E-state index in [0.717, 1.165) is 6.21 Å². The van der Waals surface area contributed by atoms with Crippen molar-refractivity contribution >= 4 is 20.5 Å². The van der Waals surface area contributed by atoms with Gasteiger partial charge in [-0.15, -0.1) is 5.16 Å². The van der Waals surface area contributed by atoms with Gasteiger partial charge in [-0.1, -0.05) is 20.8 Å². The van der Waals surface area contributed by atoms with Crippen molar-refractivity contribution in [3.05, 3.63) is 0 Å². The molecule has 88 valence electrons. The molecule has 0 rings (SSSR count). The molecule has 0 radical (unpaired) electrons. The van der Waals surface area contributed by atoms with Gasteiger partial charge in [-0.25, -0.2) is 4.79 Å². The summed E-state index contributed by atoms with van der Waals surface area (Å²) in [5.74, 6) is -0.462. The molecule has 0 N–H and O–H groups in total. The zero-order valence-corrected chi connectivity index (χ0v) is 11.5. The molecule has 0 aliphatic carbocycles. The highest BCUT2D eigenvalue weighted by atomic mass is 28.4. The van der Waals surface area contributed by atoms with E-state index in [2.05, 4.69) is 43.8 Å². The molecule has 4 nitrogen and oxygen atoms in total. The van der Waals surface area contributed by atoms with E-state index in [9.17, 15) is 4.79 Å². The van der Waals surface area contributed by atoms with Gasteiger partial charge >= 0.3 is 5.97 Å². The van der Waals surface area contributed by atoms with Gasteiger partial charge in [0.1, 0.15) is 6.21 Å². The van der Waals surface area contributed by atoms with Crippen LogP contribution in [0.3, 0.4) is 0 Å². The quantitative estimate of drug-likeness (QED) is 0.323. The highest BCUT2D eigenvalue weighted by Gasteiger charge is 2.39.